The molecule has 3 nitrogen and oxygen atoms in total. The van der Waals surface area contributed by atoms with Gasteiger partial charge in [-0.05, 0) is 41.8 Å². The summed E-state index contributed by atoms with van der Waals surface area (Å²) in [4.78, 5) is 12.2. The first-order chi connectivity index (χ1) is 10.1. The fourth-order valence-electron chi connectivity index (χ4n) is 2.28. The zero-order valence-corrected chi connectivity index (χ0v) is 12.7. The third-order valence-corrected chi connectivity index (χ3v) is 3.55. The van der Waals surface area contributed by atoms with Crippen LogP contribution in [0.25, 0.3) is 0 Å². The minimum absolute atomic E-state index is 0.0209. The Hall–Kier alpha value is -2.00. The zero-order chi connectivity index (χ0) is 15.2. The molecule has 0 aliphatic carbocycles. The number of carbonyl (C=O) groups is 1. The van der Waals surface area contributed by atoms with Crippen LogP contribution in [0.1, 0.15) is 30.5 Å². The Morgan fingerprint density at radius 1 is 1.24 bits per heavy atom. The molecule has 110 valence electrons. The molecule has 0 saturated heterocycles. The van der Waals surface area contributed by atoms with Crippen molar-refractivity contribution in [2.45, 2.75) is 25.8 Å². The van der Waals surface area contributed by atoms with Gasteiger partial charge in [-0.3, -0.25) is 4.79 Å². The van der Waals surface area contributed by atoms with Gasteiger partial charge in [-0.1, -0.05) is 42.8 Å². The molecule has 1 atom stereocenters. The molecule has 4 heteroatoms. The smallest absolute Gasteiger partial charge is 0.224 e. The Bertz CT molecular complexity index is 628. The first-order valence-electron chi connectivity index (χ1n) is 6.97. The van der Waals surface area contributed by atoms with Gasteiger partial charge in [0.2, 0.25) is 5.91 Å². The van der Waals surface area contributed by atoms with Crippen molar-refractivity contribution >= 4 is 23.2 Å². The lowest BCUT2D eigenvalue weighted by molar-refractivity contribution is -0.121. The lowest BCUT2D eigenvalue weighted by atomic mass is 10.0. The van der Waals surface area contributed by atoms with Gasteiger partial charge in [0.1, 0.15) is 0 Å². The summed E-state index contributed by atoms with van der Waals surface area (Å²) in [6.07, 6.45) is 1.13. The van der Waals surface area contributed by atoms with E-state index in [4.69, 9.17) is 17.3 Å². The van der Waals surface area contributed by atoms with Crippen molar-refractivity contribution < 1.29 is 4.79 Å². The monoisotopic (exact) mass is 302 g/mol. The van der Waals surface area contributed by atoms with Crippen molar-refractivity contribution in [3.8, 4) is 0 Å². The third kappa shape index (κ3) is 4.50. The topological polar surface area (TPSA) is 55.1 Å². The molecule has 1 amide bonds. The second-order valence-electron chi connectivity index (χ2n) is 5.01. The molecule has 1 unspecified atom stereocenters. The Labute approximate surface area is 130 Å². The Balaban J connectivity index is 2.03. The summed E-state index contributed by atoms with van der Waals surface area (Å²) in [5, 5.41) is 3.72. The van der Waals surface area contributed by atoms with E-state index in [0.717, 1.165) is 17.5 Å². The highest BCUT2D eigenvalue weighted by molar-refractivity contribution is 6.30. The maximum Gasteiger partial charge on any atom is 0.224 e. The maximum atomic E-state index is 12.2. The molecule has 0 aliphatic heterocycles. The highest BCUT2D eigenvalue weighted by Gasteiger charge is 2.13. The van der Waals surface area contributed by atoms with Gasteiger partial charge in [0.15, 0.2) is 0 Å². The normalized spacial score (nSPS) is 11.9. The molecule has 21 heavy (non-hydrogen) atoms. The van der Waals surface area contributed by atoms with Crippen LogP contribution in [0, 0.1) is 0 Å². The molecular weight excluding hydrogens is 284 g/mol. The predicted octanol–water partition coefficient (Wildman–Crippen LogP) is 3.73. The third-order valence-electron chi connectivity index (χ3n) is 3.31. The van der Waals surface area contributed by atoms with Crippen LogP contribution in [-0.2, 0) is 11.2 Å². The van der Waals surface area contributed by atoms with Crippen LogP contribution in [0.4, 0.5) is 5.69 Å². The second-order valence-corrected chi connectivity index (χ2v) is 5.44. The van der Waals surface area contributed by atoms with E-state index < -0.39 is 0 Å². The van der Waals surface area contributed by atoms with E-state index in [9.17, 15) is 4.79 Å². The summed E-state index contributed by atoms with van der Waals surface area (Å²) in [6, 6.07) is 14.9. The van der Waals surface area contributed by atoms with E-state index >= 15 is 0 Å². The summed E-state index contributed by atoms with van der Waals surface area (Å²) in [7, 11) is 0. The number of anilines is 1. The standard InChI is InChI=1S/C17H19ClN2O/c1-2-16(13-6-4-7-14(18)11-13)20-17(21)10-12-5-3-8-15(19)9-12/h3-9,11,16H,2,10,19H2,1H3,(H,20,21). The van der Waals surface area contributed by atoms with Crippen molar-refractivity contribution in [3.63, 3.8) is 0 Å². The lowest BCUT2D eigenvalue weighted by Gasteiger charge is -2.18. The average Bonchev–Trinajstić information content (AvgIpc) is 2.44. The molecule has 2 aromatic carbocycles. The van der Waals surface area contributed by atoms with E-state index in [0.29, 0.717) is 17.1 Å². The van der Waals surface area contributed by atoms with Gasteiger partial charge in [-0.2, -0.15) is 0 Å². The van der Waals surface area contributed by atoms with Crippen molar-refractivity contribution in [2.75, 3.05) is 5.73 Å². The quantitative estimate of drug-likeness (QED) is 0.827. The van der Waals surface area contributed by atoms with Gasteiger partial charge < -0.3 is 11.1 Å². The number of carbonyl (C=O) groups excluding carboxylic acids is 1. The molecule has 0 aliphatic rings. The number of nitrogens with two attached hydrogens (primary N) is 1. The summed E-state index contributed by atoms with van der Waals surface area (Å²) in [6.45, 7) is 2.03. The van der Waals surface area contributed by atoms with Gasteiger partial charge in [0.25, 0.3) is 0 Å². The van der Waals surface area contributed by atoms with E-state index in [-0.39, 0.29) is 11.9 Å². The van der Waals surface area contributed by atoms with Gasteiger partial charge in [-0.25, -0.2) is 0 Å². The van der Waals surface area contributed by atoms with Crippen LogP contribution < -0.4 is 11.1 Å². The summed E-state index contributed by atoms with van der Waals surface area (Å²) >= 11 is 6.00. The van der Waals surface area contributed by atoms with E-state index in [1.807, 2.05) is 55.5 Å². The number of hydrogen-bond acceptors (Lipinski definition) is 2. The van der Waals surface area contributed by atoms with Crippen LogP contribution >= 0.6 is 11.6 Å². The average molecular weight is 303 g/mol. The minimum Gasteiger partial charge on any atom is -0.399 e. The minimum atomic E-state index is -0.0303. The number of rotatable bonds is 5. The number of benzene rings is 2. The SMILES string of the molecule is CCC(NC(=O)Cc1cccc(N)c1)c1cccc(Cl)c1. The molecule has 0 fully saturated rings. The molecule has 2 rings (SSSR count). The summed E-state index contributed by atoms with van der Waals surface area (Å²) in [5.41, 5.74) is 8.32. The number of nitrogen functional groups attached to an aromatic ring is 1. The predicted molar refractivity (Wildman–Crippen MR) is 87.2 cm³/mol. The molecule has 0 saturated carbocycles. The molecule has 0 aromatic heterocycles. The van der Waals surface area contributed by atoms with E-state index in [1.165, 1.54) is 0 Å². The molecule has 0 heterocycles. The first-order valence-corrected chi connectivity index (χ1v) is 7.35. The van der Waals surface area contributed by atoms with Crippen molar-refractivity contribution in [2.24, 2.45) is 0 Å². The molecule has 2 aromatic rings. The molecule has 0 spiro atoms. The van der Waals surface area contributed by atoms with Crippen LogP contribution in [0.3, 0.4) is 0 Å². The first kappa shape index (κ1) is 15.4. The van der Waals surface area contributed by atoms with Gasteiger partial charge in [0.05, 0.1) is 12.5 Å². The number of amides is 1. The molecule has 0 bridgehead atoms. The highest BCUT2D eigenvalue weighted by Crippen LogP contribution is 2.20. The van der Waals surface area contributed by atoms with Gasteiger partial charge in [0, 0.05) is 10.7 Å². The van der Waals surface area contributed by atoms with E-state index in [1.54, 1.807) is 0 Å². The highest BCUT2D eigenvalue weighted by atomic mass is 35.5. The Morgan fingerprint density at radius 3 is 2.67 bits per heavy atom. The zero-order valence-electron chi connectivity index (χ0n) is 12.0. The summed E-state index contributed by atoms with van der Waals surface area (Å²) in [5.74, 6) is -0.0209. The number of hydrogen-bond donors (Lipinski definition) is 2. The second kappa shape index (κ2) is 7.14. The van der Waals surface area contributed by atoms with Crippen molar-refractivity contribution in [3.05, 3.63) is 64.7 Å². The summed E-state index contributed by atoms with van der Waals surface area (Å²) < 4.78 is 0. The van der Waals surface area contributed by atoms with Crippen LogP contribution in [0.15, 0.2) is 48.5 Å². The number of nitrogens with one attached hydrogen (secondary N) is 1. The molecule has 0 radical (unpaired) electrons. The van der Waals surface area contributed by atoms with Crippen LogP contribution in [0.2, 0.25) is 5.02 Å². The van der Waals surface area contributed by atoms with Crippen LogP contribution in [-0.4, -0.2) is 5.91 Å². The van der Waals surface area contributed by atoms with Gasteiger partial charge >= 0.3 is 0 Å². The number of halogens is 1. The molecular formula is C17H19ClN2O. The lowest BCUT2D eigenvalue weighted by Crippen LogP contribution is -2.29. The van der Waals surface area contributed by atoms with Crippen LogP contribution in [0.5, 0.6) is 0 Å². The maximum absolute atomic E-state index is 12.2. The fraction of sp³-hybridized carbons (Fsp3) is 0.235. The Morgan fingerprint density at radius 2 is 2.00 bits per heavy atom. The van der Waals surface area contributed by atoms with Crippen molar-refractivity contribution in [1.82, 2.24) is 5.32 Å². The molecule has 3 N–H and O–H groups in total. The van der Waals surface area contributed by atoms with Crippen molar-refractivity contribution in [1.29, 1.82) is 0 Å². The fourth-order valence-corrected chi connectivity index (χ4v) is 2.48. The largest absolute Gasteiger partial charge is 0.399 e. The van der Waals surface area contributed by atoms with Gasteiger partial charge in [-0.15, -0.1) is 0 Å². The Kier molecular flexibility index (Phi) is 5.23. The van der Waals surface area contributed by atoms with E-state index in [2.05, 4.69) is 5.32 Å².